The van der Waals surface area contributed by atoms with E-state index < -0.39 is 18.2 Å². The second-order valence-electron chi connectivity index (χ2n) is 9.24. The predicted molar refractivity (Wildman–Crippen MR) is 136 cm³/mol. The molecular formula is C26H40N4O4. The molecule has 3 atom stereocenters. The summed E-state index contributed by atoms with van der Waals surface area (Å²) in [5, 5.41) is 5.51. The highest BCUT2D eigenvalue weighted by Crippen LogP contribution is 2.09. The minimum atomic E-state index is -0.801. The van der Waals surface area contributed by atoms with Crippen LogP contribution in [-0.2, 0) is 20.9 Å². The molecule has 2 N–H and O–H groups in total. The van der Waals surface area contributed by atoms with Gasteiger partial charge in [-0.1, -0.05) is 44.2 Å². The number of ether oxygens (including phenoxy) is 1. The summed E-state index contributed by atoms with van der Waals surface area (Å²) in [5.41, 5.74) is 1.95. The standard InChI is InChI=1S/C26H40N4O4/c1-16(2)14-23(18(5)28-20(7)24(31)19(6)27-17(3)4)30-25(32)21(8)29-26(33)34-15-22-12-10-9-11-13-22/h9-13,16-17,20-21,23H,14-15H2,1-8H3,(H,29,33)(H,30,32). The van der Waals surface area contributed by atoms with Gasteiger partial charge in [0.25, 0.3) is 0 Å². The Morgan fingerprint density at radius 2 is 1.53 bits per heavy atom. The fourth-order valence-electron chi connectivity index (χ4n) is 3.32. The molecule has 0 bridgehead atoms. The van der Waals surface area contributed by atoms with Crippen LogP contribution in [0.25, 0.3) is 0 Å². The molecule has 3 unspecified atom stereocenters. The third kappa shape index (κ3) is 10.7. The highest BCUT2D eigenvalue weighted by atomic mass is 16.5. The van der Waals surface area contributed by atoms with Gasteiger partial charge in [-0.05, 0) is 59.4 Å². The van der Waals surface area contributed by atoms with E-state index >= 15 is 0 Å². The fraction of sp³-hybridized carbons (Fsp3) is 0.577. The van der Waals surface area contributed by atoms with Crippen molar-refractivity contribution >= 4 is 29.2 Å². The number of rotatable bonds is 12. The van der Waals surface area contributed by atoms with E-state index in [0.717, 1.165) is 5.56 Å². The topological polar surface area (TPSA) is 109 Å². The van der Waals surface area contributed by atoms with Crippen molar-refractivity contribution in [1.29, 1.82) is 0 Å². The number of aliphatic imine (C=N–C) groups is 2. The van der Waals surface area contributed by atoms with Crippen LogP contribution in [0.5, 0.6) is 0 Å². The molecule has 1 aromatic carbocycles. The maximum atomic E-state index is 12.8. The first-order valence-corrected chi connectivity index (χ1v) is 11.8. The van der Waals surface area contributed by atoms with E-state index in [1.54, 1.807) is 27.7 Å². The van der Waals surface area contributed by atoms with Crippen molar-refractivity contribution in [2.24, 2.45) is 15.9 Å². The lowest BCUT2D eigenvalue weighted by molar-refractivity contribution is -0.123. The Morgan fingerprint density at radius 3 is 2.09 bits per heavy atom. The number of nitrogens with one attached hydrogen (secondary N) is 2. The fourth-order valence-corrected chi connectivity index (χ4v) is 3.32. The van der Waals surface area contributed by atoms with Crippen LogP contribution in [-0.4, -0.2) is 53.4 Å². The third-order valence-corrected chi connectivity index (χ3v) is 5.05. The molecule has 0 radical (unpaired) electrons. The molecule has 0 saturated carbocycles. The quantitative estimate of drug-likeness (QED) is 0.446. The molecular weight excluding hydrogens is 432 g/mol. The van der Waals surface area contributed by atoms with E-state index in [-0.39, 0.29) is 36.3 Å². The van der Waals surface area contributed by atoms with Crippen LogP contribution >= 0.6 is 0 Å². The highest BCUT2D eigenvalue weighted by molar-refractivity contribution is 6.41. The van der Waals surface area contributed by atoms with Crippen LogP contribution in [0.4, 0.5) is 4.79 Å². The second kappa shape index (κ2) is 14.3. The maximum absolute atomic E-state index is 12.8. The lowest BCUT2D eigenvalue weighted by Gasteiger charge is -2.24. The number of amides is 2. The molecule has 2 amide bonds. The molecule has 8 heteroatoms. The Kier molecular flexibility index (Phi) is 12.2. The van der Waals surface area contributed by atoms with Gasteiger partial charge in [0.2, 0.25) is 5.91 Å². The van der Waals surface area contributed by atoms with Gasteiger partial charge in [-0.25, -0.2) is 4.79 Å². The van der Waals surface area contributed by atoms with Gasteiger partial charge in [-0.2, -0.15) is 0 Å². The van der Waals surface area contributed by atoms with E-state index in [1.807, 2.05) is 58.0 Å². The van der Waals surface area contributed by atoms with Gasteiger partial charge in [-0.15, -0.1) is 0 Å². The number of Topliss-reactive ketones (excluding diaryl/α,β-unsaturated/α-hetero) is 1. The molecule has 8 nitrogen and oxygen atoms in total. The smallest absolute Gasteiger partial charge is 0.408 e. The molecule has 0 aromatic heterocycles. The number of hydrogen-bond acceptors (Lipinski definition) is 6. The number of ketones is 1. The number of carbonyl (C=O) groups is 3. The lowest BCUT2D eigenvalue weighted by Crippen LogP contribution is -2.50. The predicted octanol–water partition coefficient (Wildman–Crippen LogP) is 4.12. The summed E-state index contributed by atoms with van der Waals surface area (Å²) in [6.45, 7) is 14.9. The average molecular weight is 473 g/mol. The van der Waals surface area contributed by atoms with Gasteiger partial charge in [-0.3, -0.25) is 19.6 Å². The van der Waals surface area contributed by atoms with E-state index in [9.17, 15) is 14.4 Å². The molecule has 0 saturated heterocycles. The van der Waals surface area contributed by atoms with Gasteiger partial charge in [0.15, 0.2) is 5.78 Å². The van der Waals surface area contributed by atoms with Gasteiger partial charge in [0.1, 0.15) is 18.7 Å². The SMILES string of the molecule is CC(=NC(C)C)C(=O)C(C)N=C(C)C(CC(C)C)NC(=O)C(C)NC(=O)OCc1ccccc1. The molecule has 0 aliphatic carbocycles. The van der Waals surface area contributed by atoms with Crippen molar-refractivity contribution < 1.29 is 19.1 Å². The number of alkyl carbamates (subject to hydrolysis) is 1. The zero-order valence-electron chi connectivity index (χ0n) is 21.7. The van der Waals surface area contributed by atoms with Crippen molar-refractivity contribution in [3.63, 3.8) is 0 Å². The minimum Gasteiger partial charge on any atom is -0.445 e. The van der Waals surface area contributed by atoms with Crippen LogP contribution < -0.4 is 10.6 Å². The molecule has 1 aromatic rings. The summed E-state index contributed by atoms with van der Waals surface area (Å²) in [4.78, 5) is 46.3. The first-order chi connectivity index (χ1) is 15.9. The first-order valence-electron chi connectivity index (χ1n) is 11.8. The number of nitrogens with zero attached hydrogens (tertiary/aromatic N) is 2. The molecule has 0 aliphatic heterocycles. The largest absolute Gasteiger partial charge is 0.445 e. The lowest BCUT2D eigenvalue weighted by atomic mass is 9.99. The summed E-state index contributed by atoms with van der Waals surface area (Å²) >= 11 is 0. The number of benzene rings is 1. The molecule has 188 valence electrons. The maximum Gasteiger partial charge on any atom is 0.408 e. The summed E-state index contributed by atoms with van der Waals surface area (Å²) in [6.07, 6.45) is -0.0249. The molecule has 34 heavy (non-hydrogen) atoms. The van der Waals surface area contributed by atoms with E-state index in [1.165, 1.54) is 0 Å². The Bertz CT molecular complexity index is 878. The van der Waals surface area contributed by atoms with Crippen LogP contribution in [0, 0.1) is 5.92 Å². The van der Waals surface area contributed by atoms with Crippen molar-refractivity contribution in [2.45, 2.75) is 92.6 Å². The summed E-state index contributed by atoms with van der Waals surface area (Å²) in [6, 6.07) is 7.57. The minimum absolute atomic E-state index is 0.0302. The van der Waals surface area contributed by atoms with Gasteiger partial charge >= 0.3 is 6.09 Å². The van der Waals surface area contributed by atoms with Crippen LogP contribution in [0.1, 0.15) is 67.4 Å². The molecule has 1 rings (SSSR count). The summed E-state index contributed by atoms with van der Waals surface area (Å²) < 4.78 is 5.19. The van der Waals surface area contributed by atoms with Crippen LogP contribution in [0.15, 0.2) is 40.3 Å². The Hall–Kier alpha value is -3.03. The van der Waals surface area contributed by atoms with Crippen LogP contribution in [0.3, 0.4) is 0 Å². The molecule has 0 heterocycles. The second-order valence-corrected chi connectivity index (χ2v) is 9.24. The van der Waals surface area contributed by atoms with Crippen molar-refractivity contribution in [1.82, 2.24) is 10.6 Å². The monoisotopic (exact) mass is 472 g/mol. The van der Waals surface area contributed by atoms with Gasteiger partial charge in [0, 0.05) is 11.8 Å². The van der Waals surface area contributed by atoms with E-state index in [4.69, 9.17) is 4.74 Å². The normalized spacial score (nSPS) is 15.0. The highest BCUT2D eigenvalue weighted by Gasteiger charge is 2.24. The van der Waals surface area contributed by atoms with E-state index in [2.05, 4.69) is 20.6 Å². The number of hydrogen-bond donors (Lipinski definition) is 2. The van der Waals surface area contributed by atoms with Crippen LogP contribution in [0.2, 0.25) is 0 Å². The Balaban J connectivity index is 2.77. The van der Waals surface area contributed by atoms with Gasteiger partial charge < -0.3 is 15.4 Å². The number of carbonyl (C=O) groups excluding carboxylic acids is 3. The average Bonchev–Trinajstić information content (AvgIpc) is 2.76. The van der Waals surface area contributed by atoms with Crippen molar-refractivity contribution in [2.75, 3.05) is 0 Å². The first kappa shape index (κ1) is 29.0. The molecule has 0 fully saturated rings. The zero-order chi connectivity index (χ0) is 25.8. The zero-order valence-corrected chi connectivity index (χ0v) is 21.7. The Labute approximate surface area is 203 Å². The van der Waals surface area contributed by atoms with Crippen molar-refractivity contribution in [3.05, 3.63) is 35.9 Å². The third-order valence-electron chi connectivity index (χ3n) is 5.05. The summed E-state index contributed by atoms with van der Waals surface area (Å²) in [7, 11) is 0. The molecule has 0 spiro atoms. The molecule has 0 aliphatic rings. The van der Waals surface area contributed by atoms with Crippen molar-refractivity contribution in [3.8, 4) is 0 Å². The van der Waals surface area contributed by atoms with E-state index in [0.29, 0.717) is 17.8 Å². The summed E-state index contributed by atoms with van der Waals surface area (Å²) in [5.74, 6) is -0.211. The van der Waals surface area contributed by atoms with Gasteiger partial charge in [0.05, 0.1) is 11.8 Å². The Morgan fingerprint density at radius 1 is 0.912 bits per heavy atom.